The summed E-state index contributed by atoms with van der Waals surface area (Å²) in [6.07, 6.45) is 14.0. The highest BCUT2D eigenvalue weighted by Crippen LogP contribution is 2.42. The van der Waals surface area contributed by atoms with Crippen LogP contribution in [0.4, 0.5) is 5.13 Å². The third-order valence-electron chi connectivity index (χ3n) is 6.88. The number of rotatable bonds is 15. The lowest BCUT2D eigenvalue weighted by Gasteiger charge is -2.21. The number of carbonyl (C=O) groups is 1. The predicted octanol–water partition coefficient (Wildman–Crippen LogP) is 4.55. The maximum atomic E-state index is 12.1. The molecule has 8 heteroatoms. The van der Waals surface area contributed by atoms with Crippen LogP contribution >= 0.6 is 11.3 Å². The van der Waals surface area contributed by atoms with E-state index in [0.717, 1.165) is 62.8 Å². The predicted molar refractivity (Wildman–Crippen MR) is 131 cm³/mol. The largest absolute Gasteiger partial charge is 0.393 e. The minimum atomic E-state index is -0.548. The van der Waals surface area contributed by atoms with E-state index in [2.05, 4.69) is 22.4 Å². The first-order valence-electron chi connectivity index (χ1n) is 12.8. The Morgan fingerprint density at radius 2 is 1.91 bits per heavy atom. The Balaban J connectivity index is 1.30. The number of aliphatic hydroxyl groups is 3. The van der Waals surface area contributed by atoms with E-state index in [9.17, 15) is 20.1 Å². The van der Waals surface area contributed by atoms with Crippen LogP contribution in [0.25, 0.3) is 0 Å². The van der Waals surface area contributed by atoms with Gasteiger partial charge < -0.3 is 20.6 Å². The molecule has 2 aliphatic rings. The summed E-state index contributed by atoms with van der Waals surface area (Å²) in [4.78, 5) is 12.1. The fourth-order valence-corrected chi connectivity index (χ4v) is 5.64. The molecule has 0 radical (unpaired) electrons. The van der Waals surface area contributed by atoms with E-state index < -0.39 is 18.3 Å². The van der Waals surface area contributed by atoms with E-state index in [1.165, 1.54) is 24.2 Å². The summed E-state index contributed by atoms with van der Waals surface area (Å²) >= 11 is 1.48. The summed E-state index contributed by atoms with van der Waals surface area (Å²) in [5.41, 5.74) is 0. The SMILES string of the molecule is CCCCC[C@H](O)/C=C/[C@@H]1C(CCCCCCC(=O)Nc2nnc(C3CC3)s2)[C@@H](O)C[C@H]1O. The summed E-state index contributed by atoms with van der Waals surface area (Å²) in [5.74, 6) is 0.476. The number of unbranched alkanes of at least 4 members (excludes halogenated alkanes) is 5. The van der Waals surface area contributed by atoms with Gasteiger partial charge in [0.15, 0.2) is 0 Å². The second-order valence-corrected chi connectivity index (χ2v) is 10.8. The quantitative estimate of drug-likeness (QED) is 0.217. The van der Waals surface area contributed by atoms with Crippen LogP contribution in [0.5, 0.6) is 0 Å². The number of anilines is 1. The molecule has 1 amide bonds. The van der Waals surface area contributed by atoms with Crippen LogP contribution < -0.4 is 5.32 Å². The zero-order valence-electron chi connectivity index (χ0n) is 19.9. The van der Waals surface area contributed by atoms with Crippen LogP contribution in [0.1, 0.15) is 101 Å². The van der Waals surface area contributed by atoms with E-state index in [0.29, 0.717) is 23.9 Å². The van der Waals surface area contributed by atoms with Crippen molar-refractivity contribution in [3.8, 4) is 0 Å². The van der Waals surface area contributed by atoms with Gasteiger partial charge in [0.25, 0.3) is 0 Å². The molecule has 0 bridgehead atoms. The van der Waals surface area contributed by atoms with Crippen molar-refractivity contribution < 1.29 is 20.1 Å². The van der Waals surface area contributed by atoms with Crippen LogP contribution in [0, 0.1) is 11.8 Å². The van der Waals surface area contributed by atoms with Crippen molar-refractivity contribution in [1.29, 1.82) is 0 Å². The van der Waals surface area contributed by atoms with E-state index in [1.807, 2.05) is 6.08 Å². The molecule has 3 rings (SSSR count). The Bertz CT molecular complexity index is 752. The zero-order chi connectivity index (χ0) is 23.6. The Morgan fingerprint density at radius 1 is 1.12 bits per heavy atom. The van der Waals surface area contributed by atoms with Crippen molar-refractivity contribution in [2.24, 2.45) is 11.8 Å². The molecule has 0 aromatic carbocycles. The highest BCUT2D eigenvalue weighted by atomic mass is 32.1. The summed E-state index contributed by atoms with van der Waals surface area (Å²) < 4.78 is 0. The van der Waals surface area contributed by atoms with Crippen LogP contribution in [0.15, 0.2) is 12.2 Å². The second kappa shape index (κ2) is 13.5. The molecular weight excluding hydrogens is 438 g/mol. The van der Waals surface area contributed by atoms with Crippen molar-refractivity contribution in [2.75, 3.05) is 5.32 Å². The summed E-state index contributed by atoms with van der Waals surface area (Å²) in [6.45, 7) is 2.14. The topological polar surface area (TPSA) is 116 Å². The summed E-state index contributed by atoms with van der Waals surface area (Å²) in [5, 5.41) is 43.6. The lowest BCUT2D eigenvalue weighted by molar-refractivity contribution is -0.116. The number of amides is 1. The summed E-state index contributed by atoms with van der Waals surface area (Å²) in [7, 11) is 0. The van der Waals surface area contributed by atoms with E-state index >= 15 is 0 Å². The number of nitrogens with one attached hydrogen (secondary N) is 1. The van der Waals surface area contributed by atoms with Crippen LogP contribution in [0.2, 0.25) is 0 Å². The average Bonchev–Trinajstić information content (AvgIpc) is 3.47. The van der Waals surface area contributed by atoms with Gasteiger partial charge in [0.1, 0.15) is 5.01 Å². The Labute approximate surface area is 201 Å². The molecule has 1 heterocycles. The molecule has 4 N–H and O–H groups in total. The van der Waals surface area contributed by atoms with Crippen molar-refractivity contribution in [3.63, 3.8) is 0 Å². The summed E-state index contributed by atoms with van der Waals surface area (Å²) in [6, 6.07) is 0. The lowest BCUT2D eigenvalue weighted by Crippen LogP contribution is -2.21. The monoisotopic (exact) mass is 479 g/mol. The highest BCUT2D eigenvalue weighted by Gasteiger charge is 2.39. The standard InChI is InChI=1S/C25H41N3O4S/c1-2-3-6-9-18(29)14-15-20-19(21(30)16-22(20)31)10-7-4-5-8-11-23(32)26-25-28-27-24(33-25)17-12-13-17/h14-15,17-22,29-31H,2-13,16H2,1H3,(H,26,28,32)/b15-14+/t18-,19?,20+,21-,22+/m0/s1. The van der Waals surface area contributed by atoms with E-state index in [4.69, 9.17) is 0 Å². The molecule has 1 aromatic heterocycles. The number of hydrogen-bond acceptors (Lipinski definition) is 7. The maximum absolute atomic E-state index is 12.1. The van der Waals surface area contributed by atoms with Gasteiger partial charge in [-0.3, -0.25) is 4.79 Å². The molecule has 2 saturated carbocycles. The van der Waals surface area contributed by atoms with E-state index in [1.54, 1.807) is 6.08 Å². The van der Waals surface area contributed by atoms with Crippen molar-refractivity contribution in [1.82, 2.24) is 10.2 Å². The molecule has 0 spiro atoms. The van der Waals surface area contributed by atoms with Gasteiger partial charge in [-0.1, -0.05) is 68.9 Å². The maximum Gasteiger partial charge on any atom is 0.226 e. The lowest BCUT2D eigenvalue weighted by atomic mass is 9.88. The van der Waals surface area contributed by atoms with Crippen molar-refractivity contribution in [3.05, 3.63) is 17.2 Å². The van der Waals surface area contributed by atoms with Crippen molar-refractivity contribution >= 4 is 22.4 Å². The highest BCUT2D eigenvalue weighted by molar-refractivity contribution is 7.15. The number of nitrogens with zero attached hydrogens (tertiary/aromatic N) is 2. The molecule has 186 valence electrons. The first-order chi connectivity index (χ1) is 16.0. The Kier molecular flexibility index (Phi) is 10.8. The van der Waals surface area contributed by atoms with Crippen molar-refractivity contribution in [2.45, 2.75) is 115 Å². The van der Waals surface area contributed by atoms with Gasteiger partial charge in [-0.15, -0.1) is 10.2 Å². The average molecular weight is 480 g/mol. The minimum absolute atomic E-state index is 0.00877. The first kappa shape index (κ1) is 26.3. The van der Waals surface area contributed by atoms with Gasteiger partial charge in [0.05, 0.1) is 18.3 Å². The third kappa shape index (κ3) is 8.74. The number of aromatic nitrogens is 2. The van der Waals surface area contributed by atoms with Gasteiger partial charge in [0.2, 0.25) is 11.0 Å². The number of carbonyl (C=O) groups excluding carboxylic acids is 1. The minimum Gasteiger partial charge on any atom is -0.393 e. The van der Waals surface area contributed by atoms with Crippen LogP contribution in [-0.2, 0) is 4.79 Å². The molecule has 33 heavy (non-hydrogen) atoms. The second-order valence-electron chi connectivity index (χ2n) is 9.78. The molecule has 5 atom stereocenters. The van der Waals surface area contributed by atoms with Crippen LogP contribution in [0.3, 0.4) is 0 Å². The number of aliphatic hydroxyl groups excluding tert-OH is 3. The molecule has 0 aliphatic heterocycles. The van der Waals surface area contributed by atoms with E-state index in [-0.39, 0.29) is 17.7 Å². The Morgan fingerprint density at radius 3 is 2.67 bits per heavy atom. The zero-order valence-corrected chi connectivity index (χ0v) is 20.7. The molecule has 0 saturated heterocycles. The van der Waals surface area contributed by atoms with Gasteiger partial charge in [-0.25, -0.2) is 0 Å². The smallest absolute Gasteiger partial charge is 0.226 e. The first-order valence-corrected chi connectivity index (χ1v) is 13.6. The molecule has 2 fully saturated rings. The van der Waals surface area contributed by atoms with Gasteiger partial charge in [-0.2, -0.15) is 0 Å². The molecule has 1 aromatic rings. The van der Waals surface area contributed by atoms with Gasteiger partial charge in [-0.05, 0) is 38.0 Å². The Hall–Kier alpha value is -1.35. The molecule has 2 aliphatic carbocycles. The van der Waals surface area contributed by atoms with Crippen LogP contribution in [-0.4, -0.2) is 49.7 Å². The normalized spacial score (nSPS) is 26.2. The number of hydrogen-bond donors (Lipinski definition) is 4. The fraction of sp³-hybridized carbons (Fsp3) is 0.800. The molecule has 7 nitrogen and oxygen atoms in total. The van der Waals surface area contributed by atoms with Gasteiger partial charge >= 0.3 is 0 Å². The van der Waals surface area contributed by atoms with Gasteiger partial charge in [0, 0.05) is 24.7 Å². The third-order valence-corrected chi connectivity index (χ3v) is 7.88. The molecule has 1 unspecified atom stereocenters. The fourth-order valence-electron chi connectivity index (χ4n) is 4.71. The molecular formula is C25H41N3O4S.